The molecule has 1 N–H and O–H groups in total. The third-order valence-electron chi connectivity index (χ3n) is 0.918. The summed E-state index contributed by atoms with van der Waals surface area (Å²) in [6, 6.07) is 0. The predicted octanol–water partition coefficient (Wildman–Crippen LogP) is 0.332. The summed E-state index contributed by atoms with van der Waals surface area (Å²) in [6.45, 7) is 3.88. The third kappa shape index (κ3) is 3.97. The van der Waals surface area contributed by atoms with E-state index in [1.165, 1.54) is 6.92 Å². The van der Waals surface area contributed by atoms with Crippen molar-refractivity contribution >= 4 is 5.91 Å². The molecule has 0 aromatic carbocycles. The van der Waals surface area contributed by atoms with Crippen LogP contribution >= 0.6 is 0 Å². The number of nitrogens with one attached hydrogen (secondary N) is 1. The van der Waals surface area contributed by atoms with E-state index in [0.717, 1.165) is 6.42 Å². The molecule has 53 valence electrons. The fourth-order valence-corrected chi connectivity index (χ4v) is 0.392. The minimum absolute atomic E-state index is 0.406. The lowest BCUT2D eigenvalue weighted by molar-refractivity contribution is -0.131. The summed E-state index contributed by atoms with van der Waals surface area (Å²) in [4.78, 5) is 10.5. The fourth-order valence-electron chi connectivity index (χ4n) is 0.392. The largest absolute Gasteiger partial charge is 0.354 e. The molecule has 0 aliphatic heterocycles. The zero-order valence-corrected chi connectivity index (χ0v) is 5.81. The Labute approximate surface area is 55.1 Å². The Morgan fingerprint density at radius 3 is 2.56 bits per heavy atom. The molecule has 0 aliphatic carbocycles. The minimum atomic E-state index is -1.13. The van der Waals surface area contributed by atoms with E-state index < -0.39 is 12.0 Å². The first kappa shape index (κ1) is 8.43. The van der Waals surface area contributed by atoms with Crippen molar-refractivity contribution in [3.8, 4) is 0 Å². The van der Waals surface area contributed by atoms with Crippen LogP contribution in [0.4, 0.5) is 0 Å². The van der Waals surface area contributed by atoms with Gasteiger partial charge >= 0.3 is 0 Å². The Kier molecular flexibility index (Phi) is 4.05. The number of amides is 1. The average Bonchev–Trinajstić information content (AvgIpc) is 1.82. The highest BCUT2D eigenvalue weighted by Crippen LogP contribution is 1.80. The van der Waals surface area contributed by atoms with E-state index >= 15 is 0 Å². The highest BCUT2D eigenvalue weighted by atomic mass is 16.3. The zero-order valence-electron chi connectivity index (χ0n) is 5.81. The normalized spacial score (nSPS) is 12.8. The van der Waals surface area contributed by atoms with Crippen molar-refractivity contribution in [3.05, 3.63) is 0 Å². The number of hydrogen-bond acceptors (Lipinski definition) is 1. The van der Waals surface area contributed by atoms with Crippen molar-refractivity contribution in [2.75, 3.05) is 6.54 Å². The second-order valence-electron chi connectivity index (χ2n) is 1.93. The van der Waals surface area contributed by atoms with E-state index in [-0.39, 0.29) is 0 Å². The molecule has 1 radical (unpaired) electrons. The summed E-state index contributed by atoms with van der Waals surface area (Å²) in [7, 11) is 0. The van der Waals surface area contributed by atoms with Gasteiger partial charge in [0.1, 0.15) is 0 Å². The lowest BCUT2D eigenvalue weighted by Gasteiger charge is -2.01. The zero-order chi connectivity index (χ0) is 7.28. The first-order valence-electron chi connectivity index (χ1n) is 3.12. The van der Waals surface area contributed by atoms with Crippen LogP contribution in [0, 0.1) is 0 Å². The van der Waals surface area contributed by atoms with Gasteiger partial charge in [-0.05, 0) is 13.3 Å². The minimum Gasteiger partial charge on any atom is -0.354 e. The van der Waals surface area contributed by atoms with Gasteiger partial charge in [-0.3, -0.25) is 4.79 Å². The van der Waals surface area contributed by atoms with Gasteiger partial charge < -0.3 is 5.32 Å². The molecular formula is C6H12NO2. The van der Waals surface area contributed by atoms with E-state index in [4.69, 9.17) is 0 Å². The fraction of sp³-hybridized carbons (Fsp3) is 0.833. The number of carbonyl (C=O) groups excluding carboxylic acids is 1. The molecule has 1 atom stereocenters. The molecule has 0 rings (SSSR count). The Morgan fingerprint density at radius 1 is 1.67 bits per heavy atom. The van der Waals surface area contributed by atoms with Gasteiger partial charge in [0, 0.05) is 6.54 Å². The molecule has 0 saturated carbocycles. The molecule has 0 aliphatic rings. The summed E-state index contributed by atoms with van der Waals surface area (Å²) >= 11 is 0. The van der Waals surface area contributed by atoms with Gasteiger partial charge in [0.25, 0.3) is 5.91 Å². The van der Waals surface area contributed by atoms with Gasteiger partial charge in [0.15, 0.2) is 6.10 Å². The molecule has 0 aromatic rings. The molecular weight excluding hydrogens is 118 g/mol. The molecule has 1 unspecified atom stereocenters. The van der Waals surface area contributed by atoms with Crippen LogP contribution in [0.2, 0.25) is 0 Å². The Morgan fingerprint density at radius 2 is 2.22 bits per heavy atom. The van der Waals surface area contributed by atoms with Crippen LogP contribution in [0.25, 0.3) is 0 Å². The molecule has 9 heavy (non-hydrogen) atoms. The molecule has 0 spiro atoms. The topological polar surface area (TPSA) is 49.0 Å². The maximum atomic E-state index is 10.5. The van der Waals surface area contributed by atoms with Gasteiger partial charge in [0.2, 0.25) is 0 Å². The van der Waals surface area contributed by atoms with Crippen molar-refractivity contribution in [2.45, 2.75) is 26.4 Å². The molecule has 3 nitrogen and oxygen atoms in total. The Hall–Kier alpha value is -0.570. The summed E-state index contributed by atoms with van der Waals surface area (Å²) in [5, 5.41) is 12.8. The van der Waals surface area contributed by atoms with Crippen molar-refractivity contribution < 1.29 is 9.90 Å². The van der Waals surface area contributed by atoms with Crippen molar-refractivity contribution in [1.29, 1.82) is 0 Å². The number of carbonyl (C=O) groups is 1. The summed E-state index contributed by atoms with van der Waals surface area (Å²) < 4.78 is 0. The molecule has 1 amide bonds. The maximum absolute atomic E-state index is 10.5. The van der Waals surface area contributed by atoms with Crippen LogP contribution in [0.1, 0.15) is 20.3 Å². The van der Waals surface area contributed by atoms with Crippen molar-refractivity contribution in [2.24, 2.45) is 0 Å². The van der Waals surface area contributed by atoms with Crippen molar-refractivity contribution in [1.82, 2.24) is 5.32 Å². The Bertz CT molecular complexity index is 91.1. The SMILES string of the molecule is CCCNC(=O)C(C)[O]. The van der Waals surface area contributed by atoms with E-state index in [1.807, 2.05) is 6.92 Å². The van der Waals surface area contributed by atoms with Crippen LogP contribution in [-0.4, -0.2) is 18.6 Å². The van der Waals surface area contributed by atoms with Crippen molar-refractivity contribution in [3.63, 3.8) is 0 Å². The van der Waals surface area contributed by atoms with E-state index in [9.17, 15) is 9.90 Å². The second kappa shape index (κ2) is 4.32. The standard InChI is InChI=1S/C6H12NO2/c1-3-4-7-6(9)5(2)8/h5H,3-4H2,1-2H3,(H,7,9). The average molecular weight is 130 g/mol. The summed E-state index contributed by atoms with van der Waals surface area (Å²) in [5.41, 5.74) is 0. The second-order valence-corrected chi connectivity index (χ2v) is 1.93. The first-order chi connectivity index (χ1) is 4.18. The van der Waals surface area contributed by atoms with Gasteiger partial charge in [-0.15, -0.1) is 0 Å². The highest BCUT2D eigenvalue weighted by molar-refractivity contribution is 5.79. The van der Waals surface area contributed by atoms with Gasteiger partial charge in [0.05, 0.1) is 0 Å². The van der Waals surface area contributed by atoms with Gasteiger partial charge in [-0.2, -0.15) is 0 Å². The smallest absolute Gasteiger partial charge is 0.252 e. The van der Waals surface area contributed by atoms with Crippen LogP contribution in [-0.2, 0) is 9.90 Å². The van der Waals surface area contributed by atoms with Gasteiger partial charge in [-0.1, -0.05) is 6.92 Å². The van der Waals surface area contributed by atoms with Crippen LogP contribution < -0.4 is 5.32 Å². The molecule has 0 saturated heterocycles. The molecule has 0 bridgehead atoms. The summed E-state index contributed by atoms with van der Waals surface area (Å²) in [6.07, 6.45) is -0.255. The van der Waals surface area contributed by atoms with Crippen LogP contribution in [0.3, 0.4) is 0 Å². The number of hydrogen-bond donors (Lipinski definition) is 1. The third-order valence-corrected chi connectivity index (χ3v) is 0.918. The first-order valence-corrected chi connectivity index (χ1v) is 3.12. The lowest BCUT2D eigenvalue weighted by Crippen LogP contribution is -2.32. The number of rotatable bonds is 3. The van der Waals surface area contributed by atoms with Crippen LogP contribution in [0.15, 0.2) is 0 Å². The van der Waals surface area contributed by atoms with E-state index in [2.05, 4.69) is 5.32 Å². The maximum Gasteiger partial charge on any atom is 0.252 e. The van der Waals surface area contributed by atoms with Gasteiger partial charge in [-0.25, -0.2) is 5.11 Å². The molecule has 0 fully saturated rings. The quantitative estimate of drug-likeness (QED) is 0.588. The Balaban J connectivity index is 3.28. The van der Waals surface area contributed by atoms with E-state index in [0.29, 0.717) is 6.54 Å². The van der Waals surface area contributed by atoms with E-state index in [1.54, 1.807) is 0 Å². The molecule has 3 heteroatoms. The monoisotopic (exact) mass is 130 g/mol. The lowest BCUT2D eigenvalue weighted by atomic mass is 10.4. The summed E-state index contributed by atoms with van der Waals surface area (Å²) in [5.74, 6) is -0.406. The molecule has 0 heterocycles. The molecule has 0 aromatic heterocycles. The van der Waals surface area contributed by atoms with Crippen LogP contribution in [0.5, 0.6) is 0 Å². The predicted molar refractivity (Wildman–Crippen MR) is 33.4 cm³/mol. The highest BCUT2D eigenvalue weighted by Gasteiger charge is 2.07.